The van der Waals surface area contributed by atoms with Crippen LogP contribution in [0.5, 0.6) is 0 Å². The normalized spacial score (nSPS) is 10.1. The molecule has 0 spiro atoms. The van der Waals surface area contributed by atoms with E-state index in [-0.39, 0.29) is 18.5 Å². The minimum Gasteiger partial charge on any atom is -0.323 e. The first-order chi connectivity index (χ1) is 8.10. The molecule has 0 aliphatic carbocycles. The predicted molar refractivity (Wildman–Crippen MR) is 67.6 cm³/mol. The molecule has 3 heteroatoms. The van der Waals surface area contributed by atoms with Crippen molar-refractivity contribution in [3.63, 3.8) is 0 Å². The lowest BCUT2D eigenvalue weighted by atomic mass is 10.1. The van der Waals surface area contributed by atoms with Crippen LogP contribution in [0.2, 0.25) is 0 Å². The minimum absolute atomic E-state index is 0.0352. The molecule has 0 N–H and O–H groups in total. The molecule has 0 heterocycles. The number of hydrogen-bond donors (Lipinski definition) is 0. The van der Waals surface area contributed by atoms with Crippen molar-refractivity contribution >= 4 is 5.91 Å². The quantitative estimate of drug-likeness (QED) is 0.746. The number of benzene rings is 1. The Morgan fingerprint density at radius 3 is 2.35 bits per heavy atom. The van der Waals surface area contributed by atoms with Crippen LogP contribution < -0.4 is 0 Å². The Labute approximate surface area is 103 Å². The van der Waals surface area contributed by atoms with E-state index in [0.717, 1.165) is 6.42 Å². The van der Waals surface area contributed by atoms with Gasteiger partial charge in [0.2, 0.25) is 0 Å². The second-order valence-electron chi connectivity index (χ2n) is 4.24. The number of carbonyl (C=O) groups is 1. The molecule has 1 aromatic carbocycles. The van der Waals surface area contributed by atoms with E-state index in [1.165, 1.54) is 5.56 Å². The molecule has 0 fully saturated rings. The zero-order valence-corrected chi connectivity index (χ0v) is 10.6. The summed E-state index contributed by atoms with van der Waals surface area (Å²) in [5, 5.41) is 8.72. The Hall–Kier alpha value is -1.82. The average Bonchev–Trinajstić information content (AvgIpc) is 2.35. The van der Waals surface area contributed by atoms with Crippen molar-refractivity contribution in [2.75, 3.05) is 6.54 Å². The highest BCUT2D eigenvalue weighted by Crippen LogP contribution is 2.10. The smallest absolute Gasteiger partial charge is 0.254 e. The molecule has 0 saturated carbocycles. The lowest BCUT2D eigenvalue weighted by molar-refractivity contribution is 0.0731. The highest BCUT2D eigenvalue weighted by molar-refractivity contribution is 5.94. The highest BCUT2D eigenvalue weighted by Gasteiger charge is 2.17. The van der Waals surface area contributed by atoms with Gasteiger partial charge in [-0.25, -0.2) is 0 Å². The molecule has 3 nitrogen and oxygen atoms in total. The Kier molecular flexibility index (Phi) is 4.71. The molecule has 1 aromatic rings. The second kappa shape index (κ2) is 6.05. The SMILES string of the molecule is CCc1ccc(C(=O)N(CC#N)C(C)C)cc1. The molecule has 0 atom stereocenters. The van der Waals surface area contributed by atoms with Gasteiger partial charge in [0.15, 0.2) is 0 Å². The van der Waals surface area contributed by atoms with Gasteiger partial charge in [-0.15, -0.1) is 0 Å². The van der Waals surface area contributed by atoms with E-state index in [1.807, 2.05) is 44.2 Å². The summed E-state index contributed by atoms with van der Waals surface area (Å²) < 4.78 is 0. The van der Waals surface area contributed by atoms with Crippen LogP contribution in [-0.2, 0) is 6.42 Å². The van der Waals surface area contributed by atoms with Gasteiger partial charge in [0, 0.05) is 11.6 Å². The molecule has 1 amide bonds. The molecular formula is C14H18N2O. The fourth-order valence-corrected chi connectivity index (χ4v) is 1.61. The maximum absolute atomic E-state index is 12.2. The number of hydrogen-bond acceptors (Lipinski definition) is 2. The summed E-state index contributed by atoms with van der Waals surface area (Å²) in [4.78, 5) is 13.7. The first-order valence-corrected chi connectivity index (χ1v) is 5.87. The van der Waals surface area contributed by atoms with E-state index >= 15 is 0 Å². The number of carbonyl (C=O) groups excluding carboxylic acids is 1. The molecule has 0 aromatic heterocycles. The number of aryl methyl sites for hydroxylation is 1. The van der Waals surface area contributed by atoms with Crippen molar-refractivity contribution in [2.24, 2.45) is 0 Å². The summed E-state index contributed by atoms with van der Waals surface area (Å²) in [6.07, 6.45) is 0.959. The van der Waals surface area contributed by atoms with Gasteiger partial charge in [0.25, 0.3) is 5.91 Å². The van der Waals surface area contributed by atoms with Crippen molar-refractivity contribution in [2.45, 2.75) is 33.2 Å². The van der Waals surface area contributed by atoms with E-state index in [4.69, 9.17) is 5.26 Å². The van der Waals surface area contributed by atoms with E-state index in [2.05, 4.69) is 6.92 Å². The van der Waals surface area contributed by atoms with E-state index < -0.39 is 0 Å². The Morgan fingerprint density at radius 2 is 1.94 bits per heavy atom. The van der Waals surface area contributed by atoms with Gasteiger partial charge in [-0.3, -0.25) is 4.79 Å². The average molecular weight is 230 g/mol. The van der Waals surface area contributed by atoms with E-state index in [1.54, 1.807) is 4.90 Å². The van der Waals surface area contributed by atoms with E-state index in [0.29, 0.717) is 5.56 Å². The Morgan fingerprint density at radius 1 is 1.35 bits per heavy atom. The third kappa shape index (κ3) is 3.32. The molecular weight excluding hydrogens is 212 g/mol. The zero-order valence-electron chi connectivity index (χ0n) is 10.6. The van der Waals surface area contributed by atoms with Gasteiger partial charge in [0.1, 0.15) is 6.54 Å². The molecule has 90 valence electrons. The number of rotatable bonds is 4. The third-order valence-electron chi connectivity index (χ3n) is 2.73. The molecule has 0 aliphatic rings. The van der Waals surface area contributed by atoms with Crippen molar-refractivity contribution in [1.82, 2.24) is 4.90 Å². The van der Waals surface area contributed by atoms with Gasteiger partial charge in [-0.2, -0.15) is 5.26 Å². The summed E-state index contributed by atoms with van der Waals surface area (Å²) in [7, 11) is 0. The minimum atomic E-state index is -0.0794. The molecule has 0 saturated heterocycles. The fraction of sp³-hybridized carbons (Fsp3) is 0.429. The summed E-state index contributed by atoms with van der Waals surface area (Å²) in [6, 6.07) is 9.63. The van der Waals surface area contributed by atoms with Crippen LogP contribution in [0.3, 0.4) is 0 Å². The van der Waals surface area contributed by atoms with Crippen LogP contribution in [0.1, 0.15) is 36.7 Å². The first-order valence-electron chi connectivity index (χ1n) is 5.87. The summed E-state index contributed by atoms with van der Waals surface area (Å²) in [5.74, 6) is -0.0794. The zero-order chi connectivity index (χ0) is 12.8. The van der Waals surface area contributed by atoms with Crippen LogP contribution in [0.25, 0.3) is 0 Å². The van der Waals surface area contributed by atoms with Gasteiger partial charge in [-0.05, 0) is 38.0 Å². The lowest BCUT2D eigenvalue weighted by Crippen LogP contribution is -2.37. The second-order valence-corrected chi connectivity index (χ2v) is 4.24. The molecule has 0 unspecified atom stereocenters. The predicted octanol–water partition coefficient (Wildman–Crippen LogP) is 2.62. The van der Waals surface area contributed by atoms with E-state index in [9.17, 15) is 4.79 Å². The number of nitriles is 1. The lowest BCUT2D eigenvalue weighted by Gasteiger charge is -2.23. The first kappa shape index (κ1) is 13.2. The Bertz CT molecular complexity index is 415. The monoisotopic (exact) mass is 230 g/mol. The molecule has 0 radical (unpaired) electrons. The van der Waals surface area contributed by atoms with Crippen molar-refractivity contribution in [3.8, 4) is 6.07 Å². The van der Waals surface area contributed by atoms with Crippen LogP contribution in [0.15, 0.2) is 24.3 Å². The van der Waals surface area contributed by atoms with Crippen LogP contribution >= 0.6 is 0 Å². The number of nitrogens with zero attached hydrogens (tertiary/aromatic N) is 2. The van der Waals surface area contributed by atoms with Gasteiger partial charge < -0.3 is 4.90 Å². The topological polar surface area (TPSA) is 44.1 Å². The Balaban J connectivity index is 2.90. The summed E-state index contributed by atoms with van der Waals surface area (Å²) in [5.41, 5.74) is 1.85. The van der Waals surface area contributed by atoms with Gasteiger partial charge >= 0.3 is 0 Å². The van der Waals surface area contributed by atoms with Gasteiger partial charge in [-0.1, -0.05) is 19.1 Å². The molecule has 17 heavy (non-hydrogen) atoms. The maximum atomic E-state index is 12.2. The van der Waals surface area contributed by atoms with Crippen molar-refractivity contribution in [3.05, 3.63) is 35.4 Å². The molecule has 0 bridgehead atoms. The third-order valence-corrected chi connectivity index (χ3v) is 2.73. The summed E-state index contributed by atoms with van der Waals surface area (Å²) >= 11 is 0. The largest absolute Gasteiger partial charge is 0.323 e. The van der Waals surface area contributed by atoms with Crippen LogP contribution in [0, 0.1) is 11.3 Å². The van der Waals surface area contributed by atoms with Crippen molar-refractivity contribution < 1.29 is 4.79 Å². The molecule has 0 aliphatic heterocycles. The highest BCUT2D eigenvalue weighted by atomic mass is 16.2. The van der Waals surface area contributed by atoms with Crippen LogP contribution in [0.4, 0.5) is 0 Å². The van der Waals surface area contributed by atoms with Gasteiger partial charge in [0.05, 0.1) is 6.07 Å². The maximum Gasteiger partial charge on any atom is 0.254 e. The van der Waals surface area contributed by atoms with Crippen molar-refractivity contribution in [1.29, 1.82) is 5.26 Å². The standard InChI is InChI=1S/C14H18N2O/c1-4-12-5-7-13(8-6-12)14(17)16(10-9-15)11(2)3/h5-8,11H,4,10H2,1-3H3. The molecule has 1 rings (SSSR count). The van der Waals surface area contributed by atoms with Crippen LogP contribution in [-0.4, -0.2) is 23.4 Å². The summed E-state index contributed by atoms with van der Waals surface area (Å²) in [6.45, 7) is 6.03. The fourth-order valence-electron chi connectivity index (χ4n) is 1.61. The number of amides is 1.